The molecule has 0 N–H and O–H groups in total. The summed E-state index contributed by atoms with van der Waals surface area (Å²) in [6.07, 6.45) is 2.36. The van der Waals surface area contributed by atoms with Gasteiger partial charge in [0.2, 0.25) is 0 Å². The number of nitrogens with zero attached hydrogens (tertiary/aromatic N) is 3. The Hall–Kier alpha value is -1.76. The van der Waals surface area contributed by atoms with E-state index in [0.717, 1.165) is 18.1 Å². The zero-order valence-electron chi connectivity index (χ0n) is 10.7. The van der Waals surface area contributed by atoms with Gasteiger partial charge in [-0.1, -0.05) is 0 Å². The third-order valence-electron chi connectivity index (χ3n) is 2.29. The molecule has 1 heterocycles. The topological polar surface area (TPSA) is 49.2 Å². The molecule has 0 aliphatic rings. The van der Waals surface area contributed by atoms with Crippen molar-refractivity contribution in [2.75, 3.05) is 18.0 Å². The Bertz CT molecular complexity index is 384. The highest BCUT2D eigenvalue weighted by atomic mass is 16.5. The summed E-state index contributed by atoms with van der Waals surface area (Å²) < 4.78 is 5.72. The first-order valence-corrected chi connectivity index (χ1v) is 5.92. The molecular weight excluding hydrogens is 214 g/mol. The molecule has 17 heavy (non-hydrogen) atoms. The lowest BCUT2D eigenvalue weighted by molar-refractivity contribution is 0.242. The average molecular weight is 233 g/mol. The summed E-state index contributed by atoms with van der Waals surface area (Å²) in [6.45, 7) is 7.52. The van der Waals surface area contributed by atoms with E-state index in [1.807, 2.05) is 32.9 Å². The molecule has 0 unspecified atom stereocenters. The maximum absolute atomic E-state index is 8.64. The first kappa shape index (κ1) is 13.3. The molecule has 0 aromatic carbocycles. The number of aromatic nitrogens is 1. The van der Waals surface area contributed by atoms with Gasteiger partial charge in [-0.3, -0.25) is 0 Å². The molecule has 0 spiro atoms. The van der Waals surface area contributed by atoms with Gasteiger partial charge in [-0.2, -0.15) is 5.26 Å². The Morgan fingerprint density at radius 2 is 2.29 bits per heavy atom. The number of pyridine rings is 1. The lowest BCUT2D eigenvalue weighted by Crippen LogP contribution is -2.25. The fourth-order valence-corrected chi connectivity index (χ4v) is 1.56. The highest BCUT2D eigenvalue weighted by Crippen LogP contribution is 2.26. The summed E-state index contributed by atoms with van der Waals surface area (Å²) in [6, 6.07) is 5.93. The van der Waals surface area contributed by atoms with Gasteiger partial charge in [0.15, 0.2) is 11.6 Å². The number of hydrogen-bond donors (Lipinski definition) is 0. The second-order valence-corrected chi connectivity index (χ2v) is 3.98. The van der Waals surface area contributed by atoms with Crippen LogP contribution in [0.5, 0.6) is 5.75 Å². The minimum absolute atomic E-state index is 0.118. The summed E-state index contributed by atoms with van der Waals surface area (Å²) in [5.41, 5.74) is 0. The maximum Gasteiger partial charge on any atom is 0.171 e. The normalized spacial score (nSPS) is 10.1. The zero-order valence-corrected chi connectivity index (χ0v) is 10.7. The highest BCUT2D eigenvalue weighted by Gasteiger charge is 2.12. The van der Waals surface area contributed by atoms with Gasteiger partial charge in [-0.15, -0.1) is 0 Å². The third kappa shape index (κ3) is 3.95. The summed E-state index contributed by atoms with van der Waals surface area (Å²) >= 11 is 0. The van der Waals surface area contributed by atoms with Gasteiger partial charge < -0.3 is 9.64 Å². The molecule has 0 bridgehead atoms. The van der Waals surface area contributed by atoms with Gasteiger partial charge in [-0.25, -0.2) is 4.98 Å². The molecule has 1 rings (SSSR count). The molecule has 0 radical (unpaired) electrons. The smallest absolute Gasteiger partial charge is 0.171 e. The van der Waals surface area contributed by atoms with Gasteiger partial charge >= 0.3 is 0 Å². The van der Waals surface area contributed by atoms with Crippen LogP contribution in [0.15, 0.2) is 18.3 Å². The van der Waals surface area contributed by atoms with Crippen molar-refractivity contribution in [2.45, 2.75) is 33.3 Å². The van der Waals surface area contributed by atoms with Gasteiger partial charge in [0.05, 0.1) is 18.6 Å². The average Bonchev–Trinajstić information content (AvgIpc) is 2.31. The van der Waals surface area contributed by atoms with E-state index >= 15 is 0 Å². The van der Waals surface area contributed by atoms with E-state index in [1.165, 1.54) is 0 Å². The molecule has 0 fully saturated rings. The summed E-state index contributed by atoms with van der Waals surface area (Å²) in [5.74, 6) is 1.60. The van der Waals surface area contributed by atoms with Crippen LogP contribution in [0.1, 0.15) is 27.2 Å². The van der Waals surface area contributed by atoms with Gasteiger partial charge in [0.1, 0.15) is 0 Å². The number of rotatable bonds is 6. The van der Waals surface area contributed by atoms with Crippen molar-refractivity contribution in [3.63, 3.8) is 0 Å². The predicted octanol–water partition coefficient (Wildman–Crippen LogP) is 2.61. The highest BCUT2D eigenvalue weighted by molar-refractivity contribution is 5.52. The van der Waals surface area contributed by atoms with Crippen LogP contribution in [0.4, 0.5) is 5.82 Å². The number of hydrogen-bond acceptors (Lipinski definition) is 4. The van der Waals surface area contributed by atoms with Crippen molar-refractivity contribution >= 4 is 5.82 Å². The summed E-state index contributed by atoms with van der Waals surface area (Å²) in [4.78, 5) is 6.40. The molecule has 0 amide bonds. The van der Waals surface area contributed by atoms with Crippen LogP contribution < -0.4 is 9.64 Å². The van der Waals surface area contributed by atoms with Gasteiger partial charge in [0, 0.05) is 19.3 Å². The predicted molar refractivity (Wildman–Crippen MR) is 68.1 cm³/mol. The summed E-state index contributed by atoms with van der Waals surface area (Å²) in [7, 11) is 0. The van der Waals surface area contributed by atoms with Crippen molar-refractivity contribution in [2.24, 2.45) is 0 Å². The number of ether oxygens (including phenoxy) is 1. The lowest BCUT2D eigenvalue weighted by Gasteiger charge is -2.23. The van der Waals surface area contributed by atoms with E-state index in [9.17, 15) is 0 Å². The van der Waals surface area contributed by atoms with E-state index in [1.54, 1.807) is 6.20 Å². The Labute approximate surface area is 103 Å². The minimum Gasteiger partial charge on any atom is -0.487 e. The lowest BCUT2D eigenvalue weighted by atomic mass is 10.3. The molecule has 4 heteroatoms. The number of nitriles is 1. The van der Waals surface area contributed by atoms with Crippen LogP contribution in [-0.4, -0.2) is 24.2 Å². The van der Waals surface area contributed by atoms with Gasteiger partial charge in [0.25, 0.3) is 0 Å². The SMILES string of the molecule is CCN(CCC#N)c1ncccc1OC(C)C. The molecule has 0 aliphatic heterocycles. The standard InChI is InChI=1S/C13H19N3O/c1-4-16(10-6-8-14)13-12(17-11(2)3)7-5-9-15-13/h5,7,9,11H,4,6,10H2,1-3H3. The second kappa shape index (κ2) is 6.74. The molecule has 0 aliphatic carbocycles. The Balaban J connectivity index is 2.89. The van der Waals surface area contributed by atoms with E-state index in [2.05, 4.69) is 16.0 Å². The molecule has 4 nitrogen and oxygen atoms in total. The van der Waals surface area contributed by atoms with Crippen molar-refractivity contribution in [1.82, 2.24) is 4.98 Å². The van der Waals surface area contributed by atoms with E-state index in [0.29, 0.717) is 13.0 Å². The molecular formula is C13H19N3O. The van der Waals surface area contributed by atoms with Crippen LogP contribution in [0.3, 0.4) is 0 Å². The van der Waals surface area contributed by atoms with Crippen molar-refractivity contribution in [3.8, 4) is 11.8 Å². The third-order valence-corrected chi connectivity index (χ3v) is 2.29. The van der Waals surface area contributed by atoms with Crippen LogP contribution in [0.25, 0.3) is 0 Å². The van der Waals surface area contributed by atoms with Crippen molar-refractivity contribution < 1.29 is 4.74 Å². The largest absolute Gasteiger partial charge is 0.487 e. The Morgan fingerprint density at radius 3 is 2.88 bits per heavy atom. The van der Waals surface area contributed by atoms with Gasteiger partial charge in [-0.05, 0) is 32.9 Å². The maximum atomic E-state index is 8.64. The van der Waals surface area contributed by atoms with Crippen LogP contribution in [0.2, 0.25) is 0 Å². The fourth-order valence-electron chi connectivity index (χ4n) is 1.56. The zero-order chi connectivity index (χ0) is 12.7. The summed E-state index contributed by atoms with van der Waals surface area (Å²) in [5, 5.41) is 8.64. The molecule has 92 valence electrons. The molecule has 0 saturated carbocycles. The van der Waals surface area contributed by atoms with Crippen LogP contribution in [-0.2, 0) is 0 Å². The molecule has 0 saturated heterocycles. The van der Waals surface area contributed by atoms with Crippen molar-refractivity contribution in [3.05, 3.63) is 18.3 Å². The van der Waals surface area contributed by atoms with E-state index < -0.39 is 0 Å². The van der Waals surface area contributed by atoms with Crippen molar-refractivity contribution in [1.29, 1.82) is 5.26 Å². The number of anilines is 1. The molecule has 1 aromatic rings. The first-order chi connectivity index (χ1) is 8.19. The first-order valence-electron chi connectivity index (χ1n) is 5.92. The fraction of sp³-hybridized carbons (Fsp3) is 0.538. The van der Waals surface area contributed by atoms with Crippen LogP contribution >= 0.6 is 0 Å². The second-order valence-electron chi connectivity index (χ2n) is 3.98. The molecule has 0 atom stereocenters. The van der Waals surface area contributed by atoms with E-state index in [-0.39, 0.29) is 6.10 Å². The Kier molecular flexibility index (Phi) is 5.28. The quantitative estimate of drug-likeness (QED) is 0.757. The van der Waals surface area contributed by atoms with E-state index in [4.69, 9.17) is 10.00 Å². The molecule has 1 aromatic heterocycles. The Morgan fingerprint density at radius 1 is 1.53 bits per heavy atom. The van der Waals surface area contributed by atoms with Crippen LogP contribution in [0, 0.1) is 11.3 Å². The minimum atomic E-state index is 0.118. The monoisotopic (exact) mass is 233 g/mol.